The molecule has 0 unspecified atom stereocenters. The predicted molar refractivity (Wildman–Crippen MR) is 184 cm³/mol. The quantitative estimate of drug-likeness (QED) is 0.182. The van der Waals surface area contributed by atoms with Crippen LogP contribution in [0, 0.1) is 11.6 Å². The van der Waals surface area contributed by atoms with Gasteiger partial charge in [-0.25, -0.2) is 8.78 Å². The molecule has 0 heterocycles. The number of nitrogens with zero attached hydrogens (tertiary/aromatic N) is 1. The Morgan fingerprint density at radius 2 is 0.800 bits per heavy atom. The molecule has 0 fully saturated rings. The average Bonchev–Trinajstić information content (AvgIpc) is 3.09. The summed E-state index contributed by atoms with van der Waals surface area (Å²) in [6.07, 6.45) is 0. The van der Waals surface area contributed by atoms with E-state index in [1.54, 1.807) is 41.3 Å². The molecular formula is C42H27F2N. The van der Waals surface area contributed by atoms with E-state index < -0.39 is 11.6 Å². The fraction of sp³-hybridized carbons (Fsp3) is 0. The van der Waals surface area contributed by atoms with Crippen LogP contribution in [0.5, 0.6) is 0 Å². The molecule has 0 aromatic heterocycles. The number of halogens is 2. The number of para-hydroxylation sites is 2. The van der Waals surface area contributed by atoms with Crippen molar-refractivity contribution in [1.82, 2.24) is 0 Å². The van der Waals surface area contributed by atoms with Crippen molar-refractivity contribution >= 4 is 49.4 Å². The van der Waals surface area contributed by atoms with Crippen molar-refractivity contribution in [1.29, 1.82) is 0 Å². The maximum Gasteiger partial charge on any atom is 0.147 e. The minimum atomic E-state index is -0.425. The molecule has 0 saturated heterocycles. The van der Waals surface area contributed by atoms with Gasteiger partial charge < -0.3 is 4.90 Å². The van der Waals surface area contributed by atoms with Gasteiger partial charge in [0.05, 0.1) is 11.4 Å². The molecule has 8 rings (SSSR count). The van der Waals surface area contributed by atoms with Gasteiger partial charge in [-0.15, -0.1) is 0 Å². The molecule has 0 atom stereocenters. The van der Waals surface area contributed by atoms with Crippen LogP contribution >= 0.6 is 0 Å². The first kappa shape index (κ1) is 26.8. The second-order valence-corrected chi connectivity index (χ2v) is 11.2. The molecule has 0 aliphatic heterocycles. The van der Waals surface area contributed by atoms with Gasteiger partial charge >= 0.3 is 0 Å². The van der Waals surface area contributed by atoms with Crippen LogP contribution in [-0.2, 0) is 0 Å². The minimum Gasteiger partial charge on any atom is -0.305 e. The van der Waals surface area contributed by atoms with Gasteiger partial charge in [-0.05, 0) is 91.0 Å². The van der Waals surface area contributed by atoms with Gasteiger partial charge in [0.25, 0.3) is 0 Å². The van der Waals surface area contributed by atoms with Gasteiger partial charge in [-0.2, -0.15) is 0 Å². The number of fused-ring (bicyclic) bond motifs is 3. The Balaban J connectivity index is 1.35. The zero-order valence-corrected chi connectivity index (χ0v) is 24.3. The Bertz CT molecular complexity index is 2250. The normalized spacial score (nSPS) is 11.3. The predicted octanol–water partition coefficient (Wildman–Crippen LogP) is 12.2. The van der Waals surface area contributed by atoms with Crippen molar-refractivity contribution in [2.24, 2.45) is 0 Å². The molecule has 0 saturated carbocycles. The number of rotatable bonds is 5. The monoisotopic (exact) mass is 583 g/mol. The summed E-state index contributed by atoms with van der Waals surface area (Å²) in [5.41, 5.74) is 5.79. The number of benzene rings is 8. The van der Waals surface area contributed by atoms with Gasteiger partial charge in [0.15, 0.2) is 0 Å². The van der Waals surface area contributed by atoms with E-state index in [-0.39, 0.29) is 11.4 Å². The molecule has 0 N–H and O–H groups in total. The summed E-state index contributed by atoms with van der Waals surface area (Å²) in [7, 11) is 0. The van der Waals surface area contributed by atoms with Gasteiger partial charge in [0.2, 0.25) is 0 Å². The maximum absolute atomic E-state index is 15.1. The summed E-state index contributed by atoms with van der Waals surface area (Å²) < 4.78 is 30.3. The van der Waals surface area contributed by atoms with Crippen LogP contribution in [0.15, 0.2) is 164 Å². The largest absolute Gasteiger partial charge is 0.305 e. The van der Waals surface area contributed by atoms with Crippen LogP contribution in [0.25, 0.3) is 54.6 Å². The molecule has 0 radical (unpaired) electrons. The van der Waals surface area contributed by atoms with Crippen molar-refractivity contribution < 1.29 is 8.78 Å². The number of hydrogen-bond acceptors (Lipinski definition) is 1. The summed E-state index contributed by atoms with van der Waals surface area (Å²) >= 11 is 0. The Labute approximate surface area is 260 Å². The standard InChI is InChI=1S/C42H27F2N/c43-37-20-7-9-22-39(37)45(40-23-10-8-21-38(40)44)30-26-24-29(25-27-30)41-33-15-3-5-17-35(33)42(36-18-6-4-16-34(36)41)32-19-11-13-28-12-1-2-14-31(28)32/h1-27H. The van der Waals surface area contributed by atoms with Gasteiger partial charge in [-0.3, -0.25) is 0 Å². The Hall–Kier alpha value is -5.80. The van der Waals surface area contributed by atoms with E-state index in [9.17, 15) is 0 Å². The fourth-order valence-corrected chi connectivity index (χ4v) is 6.62. The Morgan fingerprint density at radius 3 is 1.36 bits per heavy atom. The van der Waals surface area contributed by atoms with E-state index in [1.165, 1.54) is 44.8 Å². The highest BCUT2D eigenvalue weighted by Crippen LogP contribution is 2.46. The van der Waals surface area contributed by atoms with Crippen molar-refractivity contribution in [2.75, 3.05) is 4.90 Å². The minimum absolute atomic E-state index is 0.283. The van der Waals surface area contributed by atoms with Crippen molar-refractivity contribution in [3.05, 3.63) is 175 Å². The SMILES string of the molecule is Fc1ccccc1N(c1ccc(-c2c3ccccc3c(-c3cccc4ccccc34)c3ccccc23)cc1)c1ccccc1F. The van der Waals surface area contributed by atoms with Crippen LogP contribution in [0.1, 0.15) is 0 Å². The lowest BCUT2D eigenvalue weighted by Gasteiger charge is -2.26. The molecule has 214 valence electrons. The van der Waals surface area contributed by atoms with Gasteiger partial charge in [-0.1, -0.05) is 127 Å². The van der Waals surface area contributed by atoms with Crippen LogP contribution in [0.2, 0.25) is 0 Å². The zero-order valence-electron chi connectivity index (χ0n) is 24.3. The van der Waals surface area contributed by atoms with Gasteiger partial charge in [0, 0.05) is 5.69 Å². The topological polar surface area (TPSA) is 3.24 Å². The smallest absolute Gasteiger partial charge is 0.147 e. The first-order valence-corrected chi connectivity index (χ1v) is 15.0. The first-order valence-electron chi connectivity index (χ1n) is 15.0. The fourth-order valence-electron chi connectivity index (χ4n) is 6.62. The van der Waals surface area contributed by atoms with Crippen molar-refractivity contribution in [2.45, 2.75) is 0 Å². The van der Waals surface area contributed by atoms with E-state index >= 15 is 8.78 Å². The molecular weight excluding hydrogens is 556 g/mol. The summed E-state index contributed by atoms with van der Waals surface area (Å²) in [5.74, 6) is -0.850. The van der Waals surface area contributed by atoms with Crippen molar-refractivity contribution in [3.63, 3.8) is 0 Å². The highest BCUT2D eigenvalue weighted by molar-refractivity contribution is 6.23. The highest BCUT2D eigenvalue weighted by Gasteiger charge is 2.21. The van der Waals surface area contributed by atoms with Crippen LogP contribution in [0.4, 0.5) is 25.8 Å². The van der Waals surface area contributed by atoms with E-state index in [1.807, 2.05) is 12.1 Å². The molecule has 45 heavy (non-hydrogen) atoms. The van der Waals surface area contributed by atoms with E-state index in [4.69, 9.17) is 0 Å². The lowest BCUT2D eigenvalue weighted by molar-refractivity contribution is 0.619. The number of anilines is 3. The molecule has 0 aliphatic carbocycles. The van der Waals surface area contributed by atoms with Gasteiger partial charge in [0.1, 0.15) is 11.6 Å². The molecule has 0 amide bonds. The molecule has 8 aromatic rings. The molecule has 1 nitrogen and oxygen atoms in total. The third kappa shape index (κ3) is 4.52. The van der Waals surface area contributed by atoms with E-state index in [2.05, 4.69) is 103 Å². The number of hydrogen-bond donors (Lipinski definition) is 0. The lowest BCUT2D eigenvalue weighted by Crippen LogP contribution is -2.13. The average molecular weight is 584 g/mol. The summed E-state index contributed by atoms with van der Waals surface area (Å²) in [4.78, 5) is 1.63. The molecule has 0 spiro atoms. The Morgan fingerprint density at radius 1 is 0.356 bits per heavy atom. The lowest BCUT2D eigenvalue weighted by atomic mass is 9.85. The summed E-state index contributed by atoms with van der Waals surface area (Å²) in [6.45, 7) is 0. The third-order valence-electron chi connectivity index (χ3n) is 8.59. The third-order valence-corrected chi connectivity index (χ3v) is 8.59. The molecule has 3 heteroatoms. The maximum atomic E-state index is 15.1. The van der Waals surface area contributed by atoms with Crippen LogP contribution in [-0.4, -0.2) is 0 Å². The zero-order chi connectivity index (χ0) is 30.3. The van der Waals surface area contributed by atoms with E-state index in [0.29, 0.717) is 5.69 Å². The summed E-state index contributed by atoms with van der Waals surface area (Å²) in [5, 5.41) is 7.06. The second-order valence-electron chi connectivity index (χ2n) is 11.2. The van der Waals surface area contributed by atoms with Crippen LogP contribution in [0.3, 0.4) is 0 Å². The molecule has 0 bridgehead atoms. The highest BCUT2D eigenvalue weighted by atomic mass is 19.1. The van der Waals surface area contributed by atoms with Crippen LogP contribution < -0.4 is 4.90 Å². The molecule has 0 aliphatic rings. The van der Waals surface area contributed by atoms with E-state index in [0.717, 1.165) is 21.9 Å². The summed E-state index contributed by atoms with van der Waals surface area (Å²) in [6, 6.07) is 53.1. The molecule has 8 aromatic carbocycles. The Kier molecular flexibility index (Phi) is 6.57. The first-order chi connectivity index (χ1) is 22.2. The second kappa shape index (κ2) is 11.0. The van der Waals surface area contributed by atoms with Crippen molar-refractivity contribution in [3.8, 4) is 22.3 Å².